The molecule has 5 heteroatoms. The maximum Gasteiger partial charge on any atom is 0.410 e. The van der Waals surface area contributed by atoms with Gasteiger partial charge in [0.1, 0.15) is 11.4 Å². The van der Waals surface area contributed by atoms with Crippen LogP contribution in [-0.4, -0.2) is 36.2 Å². The molecule has 1 heterocycles. The Morgan fingerprint density at radius 3 is 2.70 bits per heavy atom. The summed E-state index contributed by atoms with van der Waals surface area (Å²) in [6.45, 7) is 11.5. The van der Waals surface area contributed by atoms with Crippen molar-refractivity contribution in [2.75, 3.05) is 19.6 Å². The molecule has 1 aromatic heterocycles. The maximum atomic E-state index is 12.0. The minimum absolute atomic E-state index is 0.127. The van der Waals surface area contributed by atoms with Crippen LogP contribution < -0.4 is 5.32 Å². The van der Waals surface area contributed by atoms with E-state index in [1.54, 1.807) is 11.2 Å². The van der Waals surface area contributed by atoms with Crippen molar-refractivity contribution in [3.63, 3.8) is 0 Å². The fourth-order valence-corrected chi connectivity index (χ4v) is 1.76. The van der Waals surface area contributed by atoms with Gasteiger partial charge in [0, 0.05) is 19.6 Å². The molecule has 5 nitrogen and oxygen atoms in total. The Kier molecular flexibility index (Phi) is 6.07. The van der Waals surface area contributed by atoms with E-state index < -0.39 is 5.60 Å². The van der Waals surface area contributed by atoms with Crippen molar-refractivity contribution in [2.45, 2.75) is 46.3 Å². The highest BCUT2D eigenvalue weighted by molar-refractivity contribution is 5.68. The maximum absolute atomic E-state index is 12.0. The number of ether oxygens (including phenoxy) is 1. The zero-order valence-corrected chi connectivity index (χ0v) is 13.1. The van der Waals surface area contributed by atoms with Crippen LogP contribution >= 0.6 is 0 Å². The number of hydrogen-bond acceptors (Lipinski definition) is 4. The topological polar surface area (TPSA) is 54.7 Å². The minimum Gasteiger partial charge on any atom is -0.468 e. The molecule has 0 saturated heterocycles. The van der Waals surface area contributed by atoms with Crippen LogP contribution in [0.1, 0.15) is 46.4 Å². The lowest BCUT2D eigenvalue weighted by molar-refractivity contribution is 0.0261. The average Bonchev–Trinajstić information content (AvgIpc) is 2.85. The number of amides is 1. The van der Waals surface area contributed by atoms with E-state index in [2.05, 4.69) is 5.32 Å². The Hall–Kier alpha value is -1.49. The second kappa shape index (κ2) is 7.33. The predicted octanol–water partition coefficient (Wildman–Crippen LogP) is 3.19. The lowest BCUT2D eigenvalue weighted by Gasteiger charge is -2.27. The smallest absolute Gasteiger partial charge is 0.410 e. The average molecular weight is 282 g/mol. The highest BCUT2D eigenvalue weighted by Crippen LogP contribution is 2.12. The summed E-state index contributed by atoms with van der Waals surface area (Å²) in [5, 5.41) is 3.32. The van der Waals surface area contributed by atoms with Gasteiger partial charge < -0.3 is 19.4 Å². The number of rotatable bonds is 6. The van der Waals surface area contributed by atoms with E-state index in [1.807, 2.05) is 46.8 Å². The molecule has 1 N–H and O–H groups in total. The van der Waals surface area contributed by atoms with Crippen LogP contribution in [0.3, 0.4) is 0 Å². The molecule has 1 amide bonds. The molecule has 0 saturated carbocycles. The van der Waals surface area contributed by atoms with Gasteiger partial charge in [0.2, 0.25) is 0 Å². The molecule has 1 rings (SSSR count). The first-order valence-corrected chi connectivity index (χ1v) is 7.08. The zero-order valence-electron chi connectivity index (χ0n) is 13.1. The SMILES string of the molecule is CCN(CCNC(C)c1ccco1)C(=O)OC(C)(C)C. The van der Waals surface area contributed by atoms with Gasteiger partial charge in [-0.05, 0) is 46.8 Å². The Labute approximate surface area is 121 Å². The molecular weight excluding hydrogens is 256 g/mol. The van der Waals surface area contributed by atoms with Crippen LogP contribution in [-0.2, 0) is 4.74 Å². The van der Waals surface area contributed by atoms with Crippen molar-refractivity contribution in [1.82, 2.24) is 10.2 Å². The number of nitrogens with one attached hydrogen (secondary N) is 1. The molecule has 0 radical (unpaired) electrons. The molecule has 1 aromatic rings. The van der Waals surface area contributed by atoms with Gasteiger partial charge in [-0.1, -0.05) is 0 Å². The summed E-state index contributed by atoms with van der Waals surface area (Å²) in [7, 11) is 0. The molecule has 20 heavy (non-hydrogen) atoms. The number of furan rings is 1. The van der Waals surface area contributed by atoms with Crippen LogP contribution in [0.2, 0.25) is 0 Å². The van der Waals surface area contributed by atoms with Crippen molar-refractivity contribution in [3.05, 3.63) is 24.2 Å². The molecular formula is C15H26N2O3. The molecule has 0 fully saturated rings. The van der Waals surface area contributed by atoms with E-state index in [0.29, 0.717) is 19.6 Å². The first-order valence-electron chi connectivity index (χ1n) is 7.08. The van der Waals surface area contributed by atoms with Crippen LogP contribution in [0.15, 0.2) is 22.8 Å². The largest absolute Gasteiger partial charge is 0.468 e. The molecule has 0 aliphatic carbocycles. The lowest BCUT2D eigenvalue weighted by atomic mass is 10.2. The number of carbonyl (C=O) groups excluding carboxylic acids is 1. The van der Waals surface area contributed by atoms with Gasteiger partial charge in [0.15, 0.2) is 0 Å². The van der Waals surface area contributed by atoms with Gasteiger partial charge in [-0.15, -0.1) is 0 Å². The third-order valence-electron chi connectivity index (χ3n) is 2.84. The van der Waals surface area contributed by atoms with E-state index in [-0.39, 0.29) is 12.1 Å². The van der Waals surface area contributed by atoms with Crippen LogP contribution in [0.5, 0.6) is 0 Å². The van der Waals surface area contributed by atoms with Gasteiger partial charge in [-0.2, -0.15) is 0 Å². The van der Waals surface area contributed by atoms with E-state index in [1.165, 1.54) is 0 Å². The van der Waals surface area contributed by atoms with E-state index in [0.717, 1.165) is 5.76 Å². The first-order chi connectivity index (χ1) is 9.33. The third-order valence-corrected chi connectivity index (χ3v) is 2.84. The van der Waals surface area contributed by atoms with E-state index in [9.17, 15) is 4.79 Å². The zero-order chi connectivity index (χ0) is 15.2. The van der Waals surface area contributed by atoms with Crippen molar-refractivity contribution < 1.29 is 13.9 Å². The predicted molar refractivity (Wildman–Crippen MR) is 78.6 cm³/mol. The fourth-order valence-electron chi connectivity index (χ4n) is 1.76. The van der Waals surface area contributed by atoms with Gasteiger partial charge in [0.05, 0.1) is 12.3 Å². The summed E-state index contributed by atoms with van der Waals surface area (Å²) in [5.41, 5.74) is -0.459. The Balaban J connectivity index is 2.36. The molecule has 0 spiro atoms. The summed E-state index contributed by atoms with van der Waals surface area (Å²) in [5.74, 6) is 0.894. The van der Waals surface area contributed by atoms with Crippen molar-refractivity contribution in [3.8, 4) is 0 Å². The van der Waals surface area contributed by atoms with Gasteiger partial charge in [-0.25, -0.2) is 4.79 Å². The molecule has 1 atom stereocenters. The molecule has 0 bridgehead atoms. The number of nitrogens with zero attached hydrogens (tertiary/aromatic N) is 1. The second-order valence-electron chi connectivity index (χ2n) is 5.75. The number of carbonyl (C=O) groups is 1. The molecule has 0 aromatic carbocycles. The highest BCUT2D eigenvalue weighted by Gasteiger charge is 2.20. The fraction of sp³-hybridized carbons (Fsp3) is 0.667. The monoisotopic (exact) mass is 282 g/mol. The Bertz CT molecular complexity index is 396. The first kappa shape index (κ1) is 16.6. The summed E-state index contributed by atoms with van der Waals surface area (Å²) >= 11 is 0. The molecule has 1 unspecified atom stereocenters. The summed E-state index contributed by atoms with van der Waals surface area (Å²) in [6.07, 6.45) is 1.39. The second-order valence-corrected chi connectivity index (χ2v) is 5.75. The molecule has 0 aliphatic heterocycles. The number of likely N-dealkylation sites (N-methyl/N-ethyl adjacent to an activating group) is 1. The Morgan fingerprint density at radius 1 is 1.50 bits per heavy atom. The normalized spacial score (nSPS) is 13.1. The van der Waals surface area contributed by atoms with Gasteiger partial charge in [0.25, 0.3) is 0 Å². The van der Waals surface area contributed by atoms with Crippen LogP contribution in [0, 0.1) is 0 Å². The summed E-state index contributed by atoms with van der Waals surface area (Å²) in [4.78, 5) is 13.6. The van der Waals surface area contributed by atoms with Crippen LogP contribution in [0.4, 0.5) is 4.79 Å². The summed E-state index contributed by atoms with van der Waals surface area (Å²) in [6, 6.07) is 3.93. The molecule has 114 valence electrons. The van der Waals surface area contributed by atoms with E-state index >= 15 is 0 Å². The van der Waals surface area contributed by atoms with Crippen molar-refractivity contribution >= 4 is 6.09 Å². The van der Waals surface area contributed by atoms with Crippen molar-refractivity contribution in [1.29, 1.82) is 0 Å². The lowest BCUT2D eigenvalue weighted by Crippen LogP contribution is -2.40. The van der Waals surface area contributed by atoms with Gasteiger partial charge >= 0.3 is 6.09 Å². The third kappa shape index (κ3) is 5.65. The molecule has 0 aliphatic rings. The summed E-state index contributed by atoms with van der Waals surface area (Å²) < 4.78 is 10.7. The van der Waals surface area contributed by atoms with Crippen LogP contribution in [0.25, 0.3) is 0 Å². The minimum atomic E-state index is -0.459. The quantitative estimate of drug-likeness (QED) is 0.870. The van der Waals surface area contributed by atoms with E-state index in [4.69, 9.17) is 9.15 Å². The van der Waals surface area contributed by atoms with Crippen molar-refractivity contribution in [2.24, 2.45) is 0 Å². The highest BCUT2D eigenvalue weighted by atomic mass is 16.6. The van der Waals surface area contributed by atoms with Gasteiger partial charge in [-0.3, -0.25) is 0 Å². The standard InChI is InChI=1S/C15H26N2O3/c1-6-17(14(18)20-15(3,4)5)10-9-16-12(2)13-8-7-11-19-13/h7-8,11-12,16H,6,9-10H2,1-5H3. The number of hydrogen-bond donors (Lipinski definition) is 1. The Morgan fingerprint density at radius 2 is 2.20 bits per heavy atom.